The Balaban J connectivity index is 3.30. The van der Waals surface area contributed by atoms with Crippen LogP contribution < -0.4 is 10.1 Å². The number of hydrogen-bond donors (Lipinski definition) is 1. The highest BCUT2D eigenvalue weighted by Crippen LogP contribution is 2.24. The number of carbonyl (C=O) groups is 3. The van der Waals surface area contributed by atoms with E-state index in [1.54, 1.807) is 18.2 Å². The van der Waals surface area contributed by atoms with Crippen LogP contribution >= 0.6 is 0 Å². The minimum atomic E-state index is -0.784. The van der Waals surface area contributed by atoms with E-state index in [-0.39, 0.29) is 23.5 Å². The lowest BCUT2D eigenvalue weighted by Gasteiger charge is -2.27. The second-order valence-electron chi connectivity index (χ2n) is 9.59. The van der Waals surface area contributed by atoms with Crippen molar-refractivity contribution in [2.75, 3.05) is 20.2 Å². The monoisotopic (exact) mass is 448 g/mol. The summed E-state index contributed by atoms with van der Waals surface area (Å²) in [5, 5.41) is 2.73. The Labute approximate surface area is 192 Å². The van der Waals surface area contributed by atoms with Gasteiger partial charge in [0.15, 0.2) is 0 Å². The fourth-order valence-electron chi connectivity index (χ4n) is 3.34. The van der Waals surface area contributed by atoms with Crippen LogP contribution in [0, 0.1) is 17.8 Å². The highest BCUT2D eigenvalue weighted by Gasteiger charge is 2.27. The summed E-state index contributed by atoms with van der Waals surface area (Å²) in [6.45, 7) is 17.0. The van der Waals surface area contributed by atoms with E-state index in [1.165, 1.54) is 7.11 Å². The number of rotatable bonds is 11. The summed E-state index contributed by atoms with van der Waals surface area (Å²) in [4.78, 5) is 40.1. The second kappa shape index (κ2) is 12.5. The summed E-state index contributed by atoms with van der Waals surface area (Å²) < 4.78 is 10.7. The normalized spacial score (nSPS) is 12.3. The van der Waals surface area contributed by atoms with Gasteiger partial charge in [-0.15, -0.1) is 0 Å². The van der Waals surface area contributed by atoms with E-state index in [1.807, 2.05) is 32.6 Å². The molecule has 0 aliphatic heterocycles. The first kappa shape index (κ1) is 27.5. The van der Waals surface area contributed by atoms with Gasteiger partial charge in [0.2, 0.25) is 0 Å². The molecule has 1 rings (SSSR count). The Morgan fingerprint density at radius 1 is 0.938 bits per heavy atom. The van der Waals surface area contributed by atoms with Crippen LogP contribution in [0.1, 0.15) is 76.1 Å². The molecule has 1 aromatic carbocycles. The number of benzene rings is 1. The van der Waals surface area contributed by atoms with Gasteiger partial charge >= 0.3 is 5.97 Å². The second-order valence-corrected chi connectivity index (χ2v) is 9.59. The van der Waals surface area contributed by atoms with Crippen LogP contribution in [0.25, 0.3) is 0 Å². The summed E-state index contributed by atoms with van der Waals surface area (Å²) in [6.07, 6.45) is -0.198. The molecule has 0 bridgehead atoms. The van der Waals surface area contributed by atoms with E-state index in [0.29, 0.717) is 36.2 Å². The lowest BCUT2D eigenvalue weighted by molar-refractivity contribution is -0.144. The maximum absolute atomic E-state index is 13.2. The summed E-state index contributed by atoms with van der Waals surface area (Å²) in [6, 6.07) is 4.06. The van der Waals surface area contributed by atoms with Crippen molar-refractivity contribution in [2.45, 2.75) is 67.5 Å². The van der Waals surface area contributed by atoms with Gasteiger partial charge in [0.1, 0.15) is 11.8 Å². The van der Waals surface area contributed by atoms with Crippen LogP contribution in [0.4, 0.5) is 0 Å². The highest BCUT2D eigenvalue weighted by atomic mass is 16.5. The van der Waals surface area contributed by atoms with Crippen molar-refractivity contribution >= 4 is 17.8 Å². The van der Waals surface area contributed by atoms with Crippen LogP contribution in [0.5, 0.6) is 5.75 Å². The fourth-order valence-corrected chi connectivity index (χ4v) is 3.34. The van der Waals surface area contributed by atoms with E-state index in [9.17, 15) is 14.4 Å². The molecular weight excluding hydrogens is 408 g/mol. The van der Waals surface area contributed by atoms with Gasteiger partial charge < -0.3 is 19.7 Å². The Morgan fingerprint density at radius 2 is 1.50 bits per heavy atom. The third kappa shape index (κ3) is 8.17. The molecule has 0 spiro atoms. The zero-order valence-corrected chi connectivity index (χ0v) is 21.0. The van der Waals surface area contributed by atoms with E-state index in [0.717, 1.165) is 0 Å². The molecule has 0 heterocycles. The van der Waals surface area contributed by atoms with E-state index in [2.05, 4.69) is 33.0 Å². The van der Waals surface area contributed by atoms with Crippen LogP contribution in [0.3, 0.4) is 0 Å². The quantitative estimate of drug-likeness (QED) is 0.514. The third-order valence-corrected chi connectivity index (χ3v) is 4.70. The molecule has 0 aliphatic rings. The summed E-state index contributed by atoms with van der Waals surface area (Å²) >= 11 is 0. The van der Waals surface area contributed by atoms with Gasteiger partial charge in [-0.1, -0.05) is 41.5 Å². The first-order chi connectivity index (χ1) is 14.9. The van der Waals surface area contributed by atoms with Crippen molar-refractivity contribution in [1.29, 1.82) is 0 Å². The summed E-state index contributed by atoms with van der Waals surface area (Å²) in [5.74, 6) is -0.231. The molecule has 0 radical (unpaired) electrons. The molecule has 1 N–H and O–H groups in total. The first-order valence-corrected chi connectivity index (χ1v) is 11.4. The van der Waals surface area contributed by atoms with Gasteiger partial charge in [-0.05, 0) is 49.8 Å². The lowest BCUT2D eigenvalue weighted by Crippen LogP contribution is -2.45. The molecule has 180 valence electrons. The fraction of sp³-hybridized carbons (Fsp3) is 0.640. The van der Waals surface area contributed by atoms with Crippen LogP contribution in [-0.2, 0) is 9.53 Å². The summed E-state index contributed by atoms with van der Waals surface area (Å²) in [7, 11) is 1.29. The highest BCUT2D eigenvalue weighted by molar-refractivity contribution is 6.01. The van der Waals surface area contributed by atoms with Gasteiger partial charge in [-0.25, -0.2) is 4.79 Å². The van der Waals surface area contributed by atoms with Crippen molar-refractivity contribution in [3.05, 3.63) is 29.3 Å². The molecule has 2 amide bonds. The molecule has 32 heavy (non-hydrogen) atoms. The van der Waals surface area contributed by atoms with Gasteiger partial charge in [-0.3, -0.25) is 9.59 Å². The van der Waals surface area contributed by atoms with Crippen molar-refractivity contribution in [3.8, 4) is 5.75 Å². The molecule has 7 heteroatoms. The molecular formula is C25H40N2O5. The summed E-state index contributed by atoms with van der Waals surface area (Å²) in [5.41, 5.74) is 0.732. The van der Waals surface area contributed by atoms with Gasteiger partial charge in [0.05, 0.1) is 18.8 Å². The maximum Gasteiger partial charge on any atom is 0.328 e. The van der Waals surface area contributed by atoms with Crippen LogP contribution in [0.15, 0.2) is 18.2 Å². The molecule has 1 aromatic rings. The molecule has 0 aromatic heterocycles. The average molecular weight is 449 g/mol. The molecule has 1 unspecified atom stereocenters. The minimum Gasteiger partial charge on any atom is -0.490 e. The predicted octanol–water partition coefficient (Wildman–Crippen LogP) is 4.16. The molecule has 0 saturated heterocycles. The lowest BCUT2D eigenvalue weighted by atomic mass is 10.0. The van der Waals surface area contributed by atoms with E-state index < -0.39 is 17.9 Å². The number of esters is 1. The van der Waals surface area contributed by atoms with E-state index in [4.69, 9.17) is 9.47 Å². The van der Waals surface area contributed by atoms with Gasteiger partial charge in [0.25, 0.3) is 11.8 Å². The van der Waals surface area contributed by atoms with E-state index >= 15 is 0 Å². The van der Waals surface area contributed by atoms with Crippen LogP contribution in [-0.4, -0.2) is 55.0 Å². The molecule has 0 fully saturated rings. The van der Waals surface area contributed by atoms with Gasteiger partial charge in [0, 0.05) is 18.7 Å². The smallest absolute Gasteiger partial charge is 0.328 e. The van der Waals surface area contributed by atoms with Crippen molar-refractivity contribution in [2.24, 2.45) is 17.8 Å². The Morgan fingerprint density at radius 3 is 1.94 bits per heavy atom. The zero-order valence-electron chi connectivity index (χ0n) is 21.0. The van der Waals surface area contributed by atoms with Crippen molar-refractivity contribution < 1.29 is 23.9 Å². The zero-order chi connectivity index (χ0) is 24.6. The third-order valence-electron chi connectivity index (χ3n) is 4.70. The minimum absolute atomic E-state index is 0.0948. The number of carbonyl (C=O) groups excluding carboxylic acids is 3. The number of amides is 2. The topological polar surface area (TPSA) is 84.9 Å². The van der Waals surface area contributed by atoms with Crippen LogP contribution in [0.2, 0.25) is 0 Å². The van der Waals surface area contributed by atoms with Crippen molar-refractivity contribution in [3.63, 3.8) is 0 Å². The number of hydrogen-bond acceptors (Lipinski definition) is 5. The Hall–Kier alpha value is -2.57. The predicted molar refractivity (Wildman–Crippen MR) is 126 cm³/mol. The number of methoxy groups -OCH3 is 1. The molecule has 0 aliphatic carbocycles. The number of nitrogens with one attached hydrogen (secondary N) is 1. The van der Waals surface area contributed by atoms with Crippen molar-refractivity contribution in [1.82, 2.24) is 10.2 Å². The number of nitrogens with zero attached hydrogens (tertiary/aromatic N) is 1. The largest absolute Gasteiger partial charge is 0.490 e. The standard InChI is InChI=1S/C25H40N2O5/c1-15(2)13-27(14-16(3)4)24(29)19-10-11-20(21(12-19)32-18(7)8)23(28)26-22(17(5)6)25(30)31-9/h10-12,15-18,22H,13-14H2,1-9H3,(H,26,28). The maximum atomic E-state index is 13.2. The number of ether oxygens (including phenoxy) is 2. The molecule has 0 saturated carbocycles. The molecule has 7 nitrogen and oxygen atoms in total. The Bertz CT molecular complexity index is 777. The Kier molecular flexibility index (Phi) is 10.7. The molecule has 1 atom stereocenters. The SMILES string of the molecule is COC(=O)C(NC(=O)c1ccc(C(=O)N(CC(C)C)CC(C)C)cc1OC(C)C)C(C)C. The average Bonchev–Trinajstić information content (AvgIpc) is 2.68. The van der Waals surface area contributed by atoms with Gasteiger partial charge in [-0.2, -0.15) is 0 Å². The first-order valence-electron chi connectivity index (χ1n) is 11.4.